The van der Waals surface area contributed by atoms with E-state index in [-0.39, 0.29) is 6.04 Å². The van der Waals surface area contributed by atoms with E-state index in [1.807, 2.05) is 6.92 Å². The van der Waals surface area contributed by atoms with Gasteiger partial charge in [0.1, 0.15) is 0 Å². The Kier molecular flexibility index (Phi) is 7.48. The Morgan fingerprint density at radius 2 is 2.00 bits per heavy atom. The Balaban J connectivity index is 3.90. The van der Waals surface area contributed by atoms with Gasteiger partial charge in [0.05, 0.1) is 6.04 Å². The molecule has 0 aliphatic heterocycles. The highest BCUT2D eigenvalue weighted by Crippen LogP contribution is 2.18. The van der Waals surface area contributed by atoms with E-state index in [0.717, 1.165) is 17.9 Å². The van der Waals surface area contributed by atoms with Crippen LogP contribution in [0.15, 0.2) is 0 Å². The van der Waals surface area contributed by atoms with Gasteiger partial charge in [-0.1, -0.05) is 40.0 Å². The fourth-order valence-electron chi connectivity index (χ4n) is 1.84. The van der Waals surface area contributed by atoms with Gasteiger partial charge >= 0.3 is 0 Å². The first-order valence-electron chi connectivity index (χ1n) is 5.59. The molecule has 0 radical (unpaired) electrons. The molecule has 3 nitrogen and oxygen atoms in total. The molecule has 0 aromatic carbocycles. The summed E-state index contributed by atoms with van der Waals surface area (Å²) in [7, 11) is 0. The standard InChI is InChI=1S/C11H23NO2/c1-4-6-7-8-10(3)11(5-2)12(14)9-13/h9-11,14H,4-8H2,1-3H3/t10-,11-/m1/s1. The van der Waals surface area contributed by atoms with Crippen LogP contribution in [0, 0.1) is 5.92 Å². The van der Waals surface area contributed by atoms with Crippen molar-refractivity contribution in [3.63, 3.8) is 0 Å². The first kappa shape index (κ1) is 13.4. The zero-order chi connectivity index (χ0) is 11.0. The maximum Gasteiger partial charge on any atom is 0.233 e. The highest BCUT2D eigenvalue weighted by atomic mass is 16.5. The number of carbonyl (C=O) groups is 1. The third-order valence-corrected chi connectivity index (χ3v) is 2.79. The van der Waals surface area contributed by atoms with Crippen LogP contribution in [0.3, 0.4) is 0 Å². The Labute approximate surface area is 87.1 Å². The van der Waals surface area contributed by atoms with E-state index in [9.17, 15) is 10.0 Å². The monoisotopic (exact) mass is 201 g/mol. The van der Waals surface area contributed by atoms with Crippen molar-refractivity contribution in [1.82, 2.24) is 5.06 Å². The van der Waals surface area contributed by atoms with Crippen LogP contribution in [0.1, 0.15) is 52.9 Å². The molecule has 0 unspecified atom stereocenters. The molecular formula is C11H23NO2. The van der Waals surface area contributed by atoms with Crippen molar-refractivity contribution in [3.8, 4) is 0 Å². The smallest absolute Gasteiger partial charge is 0.233 e. The first-order chi connectivity index (χ1) is 6.67. The van der Waals surface area contributed by atoms with Crippen LogP contribution in [-0.2, 0) is 4.79 Å². The van der Waals surface area contributed by atoms with Crippen molar-refractivity contribution in [2.24, 2.45) is 5.92 Å². The number of amides is 1. The summed E-state index contributed by atoms with van der Waals surface area (Å²) < 4.78 is 0. The number of rotatable bonds is 8. The predicted octanol–water partition coefficient (Wildman–Crippen LogP) is 2.83. The van der Waals surface area contributed by atoms with Crippen molar-refractivity contribution >= 4 is 6.41 Å². The molecule has 0 bridgehead atoms. The second kappa shape index (κ2) is 7.80. The topological polar surface area (TPSA) is 40.5 Å². The van der Waals surface area contributed by atoms with E-state index in [2.05, 4.69) is 13.8 Å². The van der Waals surface area contributed by atoms with Crippen LogP contribution in [0.2, 0.25) is 0 Å². The Hall–Kier alpha value is -0.570. The van der Waals surface area contributed by atoms with Crippen LogP contribution in [-0.4, -0.2) is 22.7 Å². The molecule has 0 rings (SSSR count). The van der Waals surface area contributed by atoms with Gasteiger partial charge in [0.25, 0.3) is 0 Å². The van der Waals surface area contributed by atoms with Crippen LogP contribution >= 0.6 is 0 Å². The molecule has 3 heteroatoms. The maximum atomic E-state index is 10.4. The average molecular weight is 201 g/mol. The molecule has 0 aliphatic carbocycles. The second-order valence-corrected chi connectivity index (χ2v) is 3.93. The Morgan fingerprint density at radius 1 is 1.36 bits per heavy atom. The summed E-state index contributed by atoms with van der Waals surface area (Å²) in [5.74, 6) is 0.377. The van der Waals surface area contributed by atoms with E-state index in [1.165, 1.54) is 19.3 Å². The summed E-state index contributed by atoms with van der Waals surface area (Å²) in [4.78, 5) is 10.4. The lowest BCUT2D eigenvalue weighted by Gasteiger charge is -2.27. The van der Waals surface area contributed by atoms with Gasteiger partial charge in [0, 0.05) is 0 Å². The van der Waals surface area contributed by atoms with Crippen molar-refractivity contribution in [2.45, 2.75) is 58.9 Å². The van der Waals surface area contributed by atoms with Gasteiger partial charge in [-0.2, -0.15) is 0 Å². The molecule has 0 saturated heterocycles. The Morgan fingerprint density at radius 3 is 2.43 bits per heavy atom. The largest absolute Gasteiger partial charge is 0.286 e. The average Bonchev–Trinajstić information content (AvgIpc) is 2.19. The summed E-state index contributed by atoms with van der Waals surface area (Å²) in [5.41, 5.74) is 0. The van der Waals surface area contributed by atoms with Gasteiger partial charge in [0.15, 0.2) is 0 Å². The number of hydrogen-bond donors (Lipinski definition) is 1. The van der Waals surface area contributed by atoms with Crippen molar-refractivity contribution in [1.29, 1.82) is 0 Å². The second-order valence-electron chi connectivity index (χ2n) is 3.93. The highest BCUT2D eigenvalue weighted by Gasteiger charge is 2.19. The fraction of sp³-hybridized carbons (Fsp3) is 0.909. The van der Waals surface area contributed by atoms with Crippen LogP contribution in [0.5, 0.6) is 0 Å². The zero-order valence-corrected chi connectivity index (χ0v) is 9.57. The lowest BCUT2D eigenvalue weighted by Crippen LogP contribution is -2.35. The molecule has 0 aromatic heterocycles. The third kappa shape index (κ3) is 4.61. The number of nitrogens with zero attached hydrogens (tertiary/aromatic N) is 1. The van der Waals surface area contributed by atoms with E-state index in [0.29, 0.717) is 12.3 Å². The molecule has 0 heterocycles. The van der Waals surface area contributed by atoms with Gasteiger partial charge in [-0.05, 0) is 18.8 Å². The van der Waals surface area contributed by atoms with E-state index in [4.69, 9.17) is 0 Å². The number of hydroxylamine groups is 2. The molecule has 84 valence electrons. The normalized spacial score (nSPS) is 14.9. The number of carbonyl (C=O) groups excluding carboxylic acids is 1. The van der Waals surface area contributed by atoms with Gasteiger partial charge in [-0.25, -0.2) is 5.06 Å². The molecule has 0 aliphatic rings. The molecule has 1 N–H and O–H groups in total. The lowest BCUT2D eigenvalue weighted by molar-refractivity contribution is -0.165. The number of hydrogen-bond acceptors (Lipinski definition) is 2. The van der Waals surface area contributed by atoms with Crippen molar-refractivity contribution in [2.75, 3.05) is 0 Å². The molecule has 0 spiro atoms. The third-order valence-electron chi connectivity index (χ3n) is 2.79. The van der Waals surface area contributed by atoms with Crippen molar-refractivity contribution in [3.05, 3.63) is 0 Å². The minimum Gasteiger partial charge on any atom is -0.286 e. The SMILES string of the molecule is CCCCC[C@@H](C)[C@@H](CC)N(O)C=O. The summed E-state index contributed by atoms with van der Waals surface area (Å²) >= 11 is 0. The van der Waals surface area contributed by atoms with Gasteiger partial charge < -0.3 is 0 Å². The predicted molar refractivity (Wildman–Crippen MR) is 57.1 cm³/mol. The minimum absolute atomic E-state index is 0.0237. The molecule has 0 saturated carbocycles. The zero-order valence-electron chi connectivity index (χ0n) is 9.57. The summed E-state index contributed by atoms with van der Waals surface area (Å²) in [6.45, 7) is 6.26. The van der Waals surface area contributed by atoms with Gasteiger partial charge in [0.2, 0.25) is 6.41 Å². The van der Waals surface area contributed by atoms with Crippen LogP contribution in [0.25, 0.3) is 0 Å². The fourth-order valence-corrected chi connectivity index (χ4v) is 1.84. The molecule has 0 aromatic rings. The Bertz CT molecular complexity index is 150. The molecule has 14 heavy (non-hydrogen) atoms. The summed E-state index contributed by atoms with van der Waals surface area (Å²) in [6, 6.07) is -0.0237. The van der Waals surface area contributed by atoms with E-state index >= 15 is 0 Å². The summed E-state index contributed by atoms with van der Waals surface area (Å²) in [5, 5.41) is 10.1. The summed E-state index contributed by atoms with van der Waals surface area (Å²) in [6.07, 6.45) is 6.01. The van der Waals surface area contributed by atoms with Gasteiger partial charge in [-0.3, -0.25) is 10.0 Å². The molecule has 0 fully saturated rings. The molecule has 2 atom stereocenters. The maximum absolute atomic E-state index is 10.4. The van der Waals surface area contributed by atoms with Gasteiger partial charge in [-0.15, -0.1) is 0 Å². The first-order valence-corrected chi connectivity index (χ1v) is 5.59. The molecule has 1 amide bonds. The number of unbranched alkanes of at least 4 members (excludes halogenated alkanes) is 2. The van der Waals surface area contributed by atoms with Crippen LogP contribution < -0.4 is 0 Å². The van der Waals surface area contributed by atoms with Crippen molar-refractivity contribution < 1.29 is 10.0 Å². The van der Waals surface area contributed by atoms with Crippen LogP contribution in [0.4, 0.5) is 0 Å². The minimum atomic E-state index is -0.0237. The highest BCUT2D eigenvalue weighted by molar-refractivity contribution is 5.45. The lowest BCUT2D eigenvalue weighted by atomic mass is 9.93. The van der Waals surface area contributed by atoms with E-state index < -0.39 is 0 Å². The molecular weight excluding hydrogens is 178 g/mol. The van der Waals surface area contributed by atoms with E-state index in [1.54, 1.807) is 0 Å². The quantitative estimate of drug-likeness (QED) is 0.284.